The van der Waals surface area contributed by atoms with Gasteiger partial charge >= 0.3 is 0 Å². The number of amides is 1. The Labute approximate surface area is 142 Å². The van der Waals surface area contributed by atoms with Gasteiger partial charge in [-0.15, -0.1) is 0 Å². The van der Waals surface area contributed by atoms with Crippen LogP contribution in [0.3, 0.4) is 0 Å². The van der Waals surface area contributed by atoms with Crippen LogP contribution in [0.4, 0.5) is 0 Å². The van der Waals surface area contributed by atoms with Crippen LogP contribution in [0.1, 0.15) is 25.5 Å². The molecule has 0 unspecified atom stereocenters. The number of hydrogen-bond donors (Lipinski definition) is 0. The van der Waals surface area contributed by atoms with Crippen LogP contribution in [0, 0.1) is 5.92 Å². The number of nitrogens with zero attached hydrogens (tertiary/aromatic N) is 3. The second kappa shape index (κ2) is 7.43. The van der Waals surface area contributed by atoms with Crippen molar-refractivity contribution < 1.29 is 9.53 Å². The highest BCUT2D eigenvalue weighted by Gasteiger charge is 2.23. The van der Waals surface area contributed by atoms with E-state index in [1.54, 1.807) is 26.4 Å². The summed E-state index contributed by atoms with van der Waals surface area (Å²) in [4.78, 5) is 22.5. The fourth-order valence-corrected chi connectivity index (χ4v) is 3.31. The standard InChI is InChI=1S/C19H23N3O2/c1-14(23)22-11-7-15(8-12-22)13-17-19(21-10-9-20-17)16-5-3-4-6-18(16)24-2/h3-6,9-10,15H,7-8,11-13H2,1-2H3. The number of benzene rings is 1. The third kappa shape index (κ3) is 3.55. The summed E-state index contributed by atoms with van der Waals surface area (Å²) in [5.74, 6) is 1.51. The molecule has 2 heterocycles. The number of para-hydroxylation sites is 1. The average molecular weight is 325 g/mol. The first-order valence-corrected chi connectivity index (χ1v) is 8.38. The minimum absolute atomic E-state index is 0.169. The maximum Gasteiger partial charge on any atom is 0.219 e. The summed E-state index contributed by atoms with van der Waals surface area (Å²) < 4.78 is 5.47. The van der Waals surface area contributed by atoms with Crippen LogP contribution >= 0.6 is 0 Å². The fourth-order valence-electron chi connectivity index (χ4n) is 3.31. The molecule has 126 valence electrons. The second-order valence-electron chi connectivity index (χ2n) is 6.21. The summed E-state index contributed by atoms with van der Waals surface area (Å²) in [5.41, 5.74) is 2.87. The lowest BCUT2D eigenvalue weighted by Gasteiger charge is -2.31. The molecule has 1 aliphatic heterocycles. The van der Waals surface area contributed by atoms with Crippen molar-refractivity contribution in [2.75, 3.05) is 20.2 Å². The van der Waals surface area contributed by atoms with Gasteiger partial charge in [-0.1, -0.05) is 12.1 Å². The van der Waals surface area contributed by atoms with Crippen LogP contribution in [0.25, 0.3) is 11.3 Å². The molecule has 5 heteroatoms. The van der Waals surface area contributed by atoms with Crippen molar-refractivity contribution in [1.29, 1.82) is 0 Å². The van der Waals surface area contributed by atoms with Gasteiger partial charge in [-0.3, -0.25) is 14.8 Å². The van der Waals surface area contributed by atoms with Crippen molar-refractivity contribution in [2.45, 2.75) is 26.2 Å². The topological polar surface area (TPSA) is 55.3 Å². The smallest absolute Gasteiger partial charge is 0.219 e. The minimum atomic E-state index is 0.169. The summed E-state index contributed by atoms with van der Waals surface area (Å²) >= 11 is 0. The lowest BCUT2D eigenvalue weighted by Crippen LogP contribution is -2.37. The lowest BCUT2D eigenvalue weighted by atomic mass is 9.90. The van der Waals surface area contributed by atoms with Gasteiger partial charge in [0.05, 0.1) is 18.5 Å². The number of aromatic nitrogens is 2. The number of rotatable bonds is 4. The molecule has 3 rings (SSSR count). The van der Waals surface area contributed by atoms with E-state index in [1.807, 2.05) is 29.2 Å². The SMILES string of the molecule is COc1ccccc1-c1nccnc1CC1CCN(C(C)=O)CC1. The van der Waals surface area contributed by atoms with Crippen LogP contribution in [0.5, 0.6) is 5.75 Å². The number of hydrogen-bond acceptors (Lipinski definition) is 4. The molecule has 0 atom stereocenters. The number of methoxy groups -OCH3 is 1. The summed E-state index contributed by atoms with van der Waals surface area (Å²) in [6.07, 6.45) is 6.39. The first-order valence-electron chi connectivity index (χ1n) is 8.38. The summed E-state index contributed by atoms with van der Waals surface area (Å²) in [6, 6.07) is 7.90. The van der Waals surface area contributed by atoms with Gasteiger partial charge in [0.25, 0.3) is 0 Å². The zero-order chi connectivity index (χ0) is 16.9. The van der Waals surface area contributed by atoms with Crippen molar-refractivity contribution in [3.05, 3.63) is 42.4 Å². The van der Waals surface area contributed by atoms with E-state index in [-0.39, 0.29) is 5.91 Å². The fraction of sp³-hybridized carbons (Fsp3) is 0.421. The number of carbonyl (C=O) groups excluding carboxylic acids is 1. The lowest BCUT2D eigenvalue weighted by molar-refractivity contribution is -0.130. The Morgan fingerprint density at radius 3 is 2.62 bits per heavy atom. The Balaban J connectivity index is 1.79. The highest BCUT2D eigenvalue weighted by molar-refractivity contribution is 5.73. The van der Waals surface area contributed by atoms with E-state index < -0.39 is 0 Å². The first kappa shape index (κ1) is 16.4. The molecule has 1 aromatic heterocycles. The summed E-state index contributed by atoms with van der Waals surface area (Å²) in [6.45, 7) is 3.32. The number of ether oxygens (including phenoxy) is 1. The van der Waals surface area contributed by atoms with E-state index in [9.17, 15) is 4.79 Å². The van der Waals surface area contributed by atoms with Crippen LogP contribution in [0.15, 0.2) is 36.7 Å². The van der Waals surface area contributed by atoms with E-state index >= 15 is 0 Å². The van der Waals surface area contributed by atoms with Crippen LogP contribution in [0.2, 0.25) is 0 Å². The van der Waals surface area contributed by atoms with Crippen LogP contribution in [-0.2, 0) is 11.2 Å². The largest absolute Gasteiger partial charge is 0.496 e. The molecule has 0 bridgehead atoms. The molecular weight excluding hydrogens is 302 g/mol. The van der Waals surface area contributed by atoms with E-state index in [4.69, 9.17) is 4.74 Å². The molecule has 1 amide bonds. The molecular formula is C19H23N3O2. The highest BCUT2D eigenvalue weighted by atomic mass is 16.5. The molecule has 24 heavy (non-hydrogen) atoms. The van der Waals surface area contributed by atoms with Crippen molar-refractivity contribution in [3.63, 3.8) is 0 Å². The monoisotopic (exact) mass is 325 g/mol. The molecule has 1 saturated heterocycles. The zero-order valence-electron chi connectivity index (χ0n) is 14.2. The van der Waals surface area contributed by atoms with Crippen LogP contribution < -0.4 is 4.74 Å². The van der Waals surface area contributed by atoms with Gasteiger partial charge in [0, 0.05) is 38.0 Å². The summed E-state index contributed by atoms with van der Waals surface area (Å²) in [7, 11) is 1.67. The maximum absolute atomic E-state index is 11.5. The molecule has 2 aromatic rings. The zero-order valence-corrected chi connectivity index (χ0v) is 14.2. The Hall–Kier alpha value is -2.43. The van der Waals surface area contributed by atoms with Gasteiger partial charge in [-0.2, -0.15) is 0 Å². The average Bonchev–Trinajstić information content (AvgIpc) is 2.62. The van der Waals surface area contributed by atoms with Gasteiger partial charge in [0.15, 0.2) is 0 Å². The molecule has 0 N–H and O–H groups in total. The predicted octanol–water partition coefficient (Wildman–Crippen LogP) is 2.95. The van der Waals surface area contributed by atoms with E-state index in [0.717, 1.165) is 55.1 Å². The van der Waals surface area contributed by atoms with Crippen molar-refractivity contribution >= 4 is 5.91 Å². The maximum atomic E-state index is 11.5. The molecule has 0 radical (unpaired) electrons. The van der Waals surface area contributed by atoms with Crippen molar-refractivity contribution in [1.82, 2.24) is 14.9 Å². The Morgan fingerprint density at radius 1 is 1.21 bits per heavy atom. The van der Waals surface area contributed by atoms with Gasteiger partial charge in [-0.05, 0) is 37.3 Å². The number of carbonyl (C=O) groups is 1. The van der Waals surface area contributed by atoms with Gasteiger partial charge in [0.1, 0.15) is 5.75 Å². The predicted molar refractivity (Wildman–Crippen MR) is 92.7 cm³/mol. The van der Waals surface area contributed by atoms with E-state index in [0.29, 0.717) is 5.92 Å². The molecule has 0 saturated carbocycles. The molecule has 0 spiro atoms. The molecule has 0 aliphatic carbocycles. The quantitative estimate of drug-likeness (QED) is 0.867. The first-order chi connectivity index (χ1) is 11.7. The normalized spacial score (nSPS) is 15.3. The van der Waals surface area contributed by atoms with Crippen molar-refractivity contribution in [2.24, 2.45) is 5.92 Å². The Bertz CT molecular complexity index is 709. The molecule has 1 aromatic carbocycles. The van der Waals surface area contributed by atoms with Gasteiger partial charge in [0.2, 0.25) is 5.91 Å². The Kier molecular flexibility index (Phi) is 5.08. The van der Waals surface area contributed by atoms with Crippen molar-refractivity contribution in [3.8, 4) is 17.0 Å². The van der Waals surface area contributed by atoms with Gasteiger partial charge in [-0.25, -0.2) is 0 Å². The minimum Gasteiger partial charge on any atom is -0.496 e. The van der Waals surface area contributed by atoms with E-state index in [1.165, 1.54) is 0 Å². The third-order valence-corrected chi connectivity index (χ3v) is 4.68. The number of piperidine rings is 1. The molecule has 1 aliphatic rings. The Morgan fingerprint density at radius 2 is 1.92 bits per heavy atom. The molecule has 1 fully saturated rings. The van der Waals surface area contributed by atoms with E-state index in [2.05, 4.69) is 9.97 Å². The summed E-state index contributed by atoms with van der Waals surface area (Å²) in [5, 5.41) is 0. The third-order valence-electron chi connectivity index (χ3n) is 4.68. The highest BCUT2D eigenvalue weighted by Crippen LogP contribution is 2.31. The second-order valence-corrected chi connectivity index (χ2v) is 6.21. The number of likely N-dealkylation sites (tertiary alicyclic amines) is 1. The van der Waals surface area contributed by atoms with Gasteiger partial charge < -0.3 is 9.64 Å². The van der Waals surface area contributed by atoms with Crippen LogP contribution in [-0.4, -0.2) is 41.0 Å². The molecule has 5 nitrogen and oxygen atoms in total.